The van der Waals surface area contributed by atoms with Crippen LogP contribution in [0.5, 0.6) is 0 Å². The first kappa shape index (κ1) is 22.8. The number of nitrogens with two attached hydrogens (primary N) is 1. The highest BCUT2D eigenvalue weighted by atomic mass is 32.2. The molecule has 5 N–H and O–H groups in total. The van der Waals surface area contributed by atoms with Gasteiger partial charge in [0.15, 0.2) is 0 Å². The zero-order valence-corrected chi connectivity index (χ0v) is 18.3. The van der Waals surface area contributed by atoms with E-state index < -0.39 is 17.5 Å². The monoisotopic (exact) mass is 420 g/mol. The summed E-state index contributed by atoms with van der Waals surface area (Å²) < 4.78 is 7.87. The number of aliphatic hydroxyl groups is 1. The van der Waals surface area contributed by atoms with Crippen LogP contribution in [0.2, 0.25) is 0 Å². The molecule has 158 valence electrons. The summed E-state index contributed by atoms with van der Waals surface area (Å²) in [5.74, 6) is -0.376. The Balaban J connectivity index is 2.22. The van der Waals surface area contributed by atoms with Gasteiger partial charge in [-0.15, -0.1) is 0 Å². The average Bonchev–Trinajstić information content (AvgIpc) is 3.08. The summed E-state index contributed by atoms with van der Waals surface area (Å²) in [6.45, 7) is 11.1. The van der Waals surface area contributed by atoms with Crippen molar-refractivity contribution in [1.82, 2.24) is 9.71 Å². The molecule has 8 nitrogen and oxygen atoms in total. The third-order valence-corrected chi connectivity index (χ3v) is 4.96. The summed E-state index contributed by atoms with van der Waals surface area (Å²) in [7, 11) is 0. The molecule has 0 atom stereocenters. The minimum absolute atomic E-state index is 0.0656. The van der Waals surface area contributed by atoms with Gasteiger partial charge in [-0.3, -0.25) is 9.52 Å². The first-order valence-electron chi connectivity index (χ1n) is 9.30. The minimum atomic E-state index is -1.13. The lowest BCUT2D eigenvalue weighted by atomic mass is 9.90. The zero-order valence-electron chi connectivity index (χ0n) is 17.5. The summed E-state index contributed by atoms with van der Waals surface area (Å²) in [6, 6.07) is 2.96. The molecule has 3 amide bonds. The van der Waals surface area contributed by atoms with Crippen LogP contribution in [0.15, 0.2) is 28.0 Å². The van der Waals surface area contributed by atoms with Crippen LogP contribution < -0.4 is 15.8 Å². The van der Waals surface area contributed by atoms with Crippen molar-refractivity contribution in [3.8, 4) is 0 Å². The van der Waals surface area contributed by atoms with Gasteiger partial charge in [-0.1, -0.05) is 27.7 Å². The van der Waals surface area contributed by atoms with Crippen LogP contribution in [0.4, 0.5) is 10.5 Å². The number of anilines is 1. The Hall–Kier alpha value is -2.52. The molecule has 1 aromatic carbocycles. The standard InChI is InChI=1S/C20H28N4O4S/c1-10(2)13-7-12(17(21)25)8-14(11(3)4)16(13)23-18(26)24-29-19-22-15(9-28-19)20(5,6)27/h7-11,27H,1-6H3,(H2,21,25)(H2,23,24,26). The molecule has 9 heteroatoms. The number of carbonyl (C=O) groups is 2. The maximum absolute atomic E-state index is 12.5. The fraction of sp³-hybridized carbons (Fsp3) is 0.450. The third-order valence-electron chi connectivity index (χ3n) is 4.31. The Bertz CT molecular complexity index is 871. The van der Waals surface area contributed by atoms with Crippen molar-refractivity contribution < 1.29 is 19.1 Å². The average molecular weight is 421 g/mol. The van der Waals surface area contributed by atoms with Gasteiger partial charge in [-0.2, -0.15) is 0 Å². The highest BCUT2D eigenvalue weighted by Gasteiger charge is 2.22. The number of primary amides is 1. The fourth-order valence-electron chi connectivity index (χ4n) is 2.70. The number of hydrogen-bond donors (Lipinski definition) is 4. The number of urea groups is 1. The first-order chi connectivity index (χ1) is 13.4. The van der Waals surface area contributed by atoms with Crippen LogP contribution in [-0.4, -0.2) is 22.0 Å². The van der Waals surface area contributed by atoms with Crippen molar-refractivity contribution in [2.24, 2.45) is 5.73 Å². The second kappa shape index (κ2) is 8.87. The molecular formula is C20H28N4O4S. The van der Waals surface area contributed by atoms with E-state index in [9.17, 15) is 14.7 Å². The molecule has 0 aliphatic heterocycles. The molecule has 0 bridgehead atoms. The SMILES string of the molecule is CC(C)c1cc(C(N)=O)cc(C(C)C)c1NC(=O)NSc1nc(C(C)(C)O)co1. The molecule has 0 saturated heterocycles. The first-order valence-corrected chi connectivity index (χ1v) is 10.1. The van der Waals surface area contributed by atoms with Gasteiger partial charge < -0.3 is 20.6 Å². The molecule has 0 unspecified atom stereocenters. The van der Waals surface area contributed by atoms with Crippen LogP contribution in [0.1, 0.15) is 80.6 Å². The quantitative estimate of drug-likeness (QED) is 0.499. The summed E-state index contributed by atoms with van der Waals surface area (Å²) >= 11 is 0.896. The van der Waals surface area contributed by atoms with Crippen molar-refractivity contribution in [3.05, 3.63) is 40.8 Å². The number of nitrogens with zero attached hydrogens (tertiary/aromatic N) is 1. The molecule has 0 aliphatic rings. The van der Waals surface area contributed by atoms with Gasteiger partial charge in [-0.05, 0) is 48.9 Å². The number of carbonyl (C=O) groups excluding carboxylic acids is 2. The Kier molecular flexibility index (Phi) is 6.97. The van der Waals surface area contributed by atoms with Gasteiger partial charge in [0.1, 0.15) is 17.6 Å². The minimum Gasteiger partial charge on any atom is -0.438 e. The molecule has 2 rings (SSSR count). The molecule has 0 aliphatic carbocycles. The topological polar surface area (TPSA) is 130 Å². The Morgan fingerprint density at radius 3 is 2.14 bits per heavy atom. The molecule has 1 heterocycles. The van der Waals surface area contributed by atoms with E-state index in [2.05, 4.69) is 15.0 Å². The van der Waals surface area contributed by atoms with E-state index in [1.807, 2.05) is 27.7 Å². The van der Waals surface area contributed by atoms with E-state index in [0.717, 1.165) is 23.1 Å². The normalized spacial score (nSPS) is 11.8. The second-order valence-corrected chi connectivity index (χ2v) is 8.68. The van der Waals surface area contributed by atoms with Crippen molar-refractivity contribution in [2.75, 3.05) is 5.32 Å². The van der Waals surface area contributed by atoms with Gasteiger partial charge in [0, 0.05) is 23.2 Å². The maximum Gasteiger partial charge on any atom is 0.329 e. The van der Waals surface area contributed by atoms with Crippen LogP contribution in [-0.2, 0) is 5.60 Å². The fourth-order valence-corrected chi connectivity index (χ4v) is 3.17. The van der Waals surface area contributed by atoms with Crippen LogP contribution in [0, 0.1) is 0 Å². The predicted molar refractivity (Wildman–Crippen MR) is 113 cm³/mol. The van der Waals surface area contributed by atoms with Crippen LogP contribution >= 0.6 is 11.9 Å². The van der Waals surface area contributed by atoms with Gasteiger partial charge in [-0.25, -0.2) is 9.78 Å². The number of nitrogens with one attached hydrogen (secondary N) is 2. The van der Waals surface area contributed by atoms with Crippen LogP contribution in [0.3, 0.4) is 0 Å². The largest absolute Gasteiger partial charge is 0.438 e. The van der Waals surface area contributed by atoms with Crippen LogP contribution in [0.25, 0.3) is 0 Å². The molecule has 1 aromatic heterocycles. The van der Waals surface area contributed by atoms with Crippen molar-refractivity contribution >= 4 is 29.6 Å². The predicted octanol–water partition coefficient (Wildman–Crippen LogP) is 4.08. The molecule has 29 heavy (non-hydrogen) atoms. The molecule has 0 spiro atoms. The van der Waals surface area contributed by atoms with Crippen molar-refractivity contribution in [3.63, 3.8) is 0 Å². The highest BCUT2D eigenvalue weighted by molar-refractivity contribution is 7.97. The van der Waals surface area contributed by atoms with E-state index in [-0.39, 0.29) is 17.1 Å². The summed E-state index contributed by atoms with van der Waals surface area (Å²) in [5, 5.41) is 13.0. The Labute approximate surface area is 174 Å². The van der Waals surface area contributed by atoms with Gasteiger partial charge in [0.25, 0.3) is 5.22 Å². The van der Waals surface area contributed by atoms with E-state index in [4.69, 9.17) is 10.2 Å². The van der Waals surface area contributed by atoms with Crippen molar-refractivity contribution in [1.29, 1.82) is 0 Å². The van der Waals surface area contributed by atoms with E-state index in [1.54, 1.807) is 26.0 Å². The lowest BCUT2D eigenvalue weighted by molar-refractivity contribution is 0.0736. The van der Waals surface area contributed by atoms with E-state index >= 15 is 0 Å². The lowest BCUT2D eigenvalue weighted by Gasteiger charge is -2.21. The van der Waals surface area contributed by atoms with Gasteiger partial charge in [0.2, 0.25) is 5.91 Å². The number of hydrogen-bond acceptors (Lipinski definition) is 6. The number of oxazole rings is 1. The molecule has 2 aromatic rings. The number of amides is 3. The zero-order chi connectivity index (χ0) is 21.9. The number of aromatic nitrogens is 1. The van der Waals surface area contributed by atoms with E-state index in [1.165, 1.54) is 6.26 Å². The molecular weight excluding hydrogens is 392 g/mol. The molecule has 0 fully saturated rings. The summed E-state index contributed by atoms with van der Waals surface area (Å²) in [4.78, 5) is 28.3. The highest BCUT2D eigenvalue weighted by Crippen LogP contribution is 2.34. The van der Waals surface area contributed by atoms with E-state index in [0.29, 0.717) is 16.9 Å². The molecule has 0 saturated carbocycles. The number of benzene rings is 1. The summed E-state index contributed by atoms with van der Waals surface area (Å²) in [5.41, 5.74) is 7.42. The lowest BCUT2D eigenvalue weighted by Crippen LogP contribution is -2.25. The maximum atomic E-state index is 12.5. The summed E-state index contributed by atoms with van der Waals surface area (Å²) in [6.07, 6.45) is 1.35. The Morgan fingerprint density at radius 1 is 1.17 bits per heavy atom. The van der Waals surface area contributed by atoms with Gasteiger partial charge >= 0.3 is 6.03 Å². The third kappa shape index (κ3) is 5.74. The number of rotatable bonds is 7. The second-order valence-electron chi connectivity index (χ2n) is 7.92. The smallest absolute Gasteiger partial charge is 0.329 e. The van der Waals surface area contributed by atoms with Crippen molar-refractivity contribution in [2.45, 2.75) is 64.2 Å². The Morgan fingerprint density at radius 2 is 1.72 bits per heavy atom. The van der Waals surface area contributed by atoms with Gasteiger partial charge in [0.05, 0.1) is 0 Å². The molecule has 0 radical (unpaired) electrons.